The highest BCUT2D eigenvalue weighted by molar-refractivity contribution is 6.30. The monoisotopic (exact) mass is 435 g/mol. The average Bonchev–Trinajstić information content (AvgIpc) is 2.79. The molecule has 0 amide bonds. The molecule has 1 N–H and O–H groups in total. The Morgan fingerprint density at radius 2 is 2.13 bits per heavy atom. The van der Waals surface area contributed by atoms with E-state index in [9.17, 15) is 4.79 Å². The molecule has 0 radical (unpaired) electrons. The van der Waals surface area contributed by atoms with Crippen LogP contribution >= 0.6 is 11.6 Å². The molecule has 1 aliphatic heterocycles. The maximum Gasteiger partial charge on any atom is 0.254 e. The van der Waals surface area contributed by atoms with Crippen molar-refractivity contribution in [1.29, 1.82) is 0 Å². The third-order valence-corrected chi connectivity index (χ3v) is 5.62. The van der Waals surface area contributed by atoms with Crippen molar-refractivity contribution in [2.75, 3.05) is 6.54 Å². The number of nitrogens with zero attached hydrogens (tertiary/aromatic N) is 2. The number of hydrogen-bond acceptors (Lipinski definition) is 4. The lowest BCUT2D eigenvalue weighted by atomic mass is 9.95. The van der Waals surface area contributed by atoms with Gasteiger partial charge in [0.2, 0.25) is 0 Å². The number of nitrogens with one attached hydrogen (secondary N) is 1. The van der Waals surface area contributed by atoms with Gasteiger partial charge in [0.25, 0.3) is 5.56 Å². The summed E-state index contributed by atoms with van der Waals surface area (Å²) in [5.41, 5.74) is 5.74. The van der Waals surface area contributed by atoms with Gasteiger partial charge in [0, 0.05) is 25.0 Å². The molecule has 0 atom stereocenters. The summed E-state index contributed by atoms with van der Waals surface area (Å²) < 4.78 is 7.44. The zero-order chi connectivity index (χ0) is 21.6. The normalized spacial score (nSPS) is 13.7. The molecule has 0 unspecified atom stereocenters. The number of halogens is 1. The van der Waals surface area contributed by atoms with Crippen molar-refractivity contribution < 1.29 is 4.74 Å². The van der Waals surface area contributed by atoms with Crippen molar-refractivity contribution in [3.05, 3.63) is 98.7 Å². The van der Waals surface area contributed by atoms with Crippen LogP contribution in [0.1, 0.15) is 35.7 Å². The van der Waals surface area contributed by atoms with Gasteiger partial charge in [-0.2, -0.15) is 0 Å². The molecule has 3 heterocycles. The van der Waals surface area contributed by atoms with E-state index >= 15 is 0 Å². The largest absolute Gasteiger partial charge is 0.487 e. The molecule has 5 nitrogen and oxygen atoms in total. The molecule has 1 aliphatic rings. The quantitative estimate of drug-likeness (QED) is 0.588. The molecular formula is C25H26ClN3O2. The first-order valence-corrected chi connectivity index (χ1v) is 11.0. The molecule has 0 fully saturated rings. The second-order valence-corrected chi connectivity index (χ2v) is 8.07. The SMILES string of the molecule is CC/C=C(/Cn1ccc(OCc2ccc(Cl)cn2)cc1=O)c1ccc2c(c1)CNCC2. The van der Waals surface area contributed by atoms with Gasteiger partial charge in [-0.15, -0.1) is 0 Å². The van der Waals surface area contributed by atoms with E-state index in [4.69, 9.17) is 16.3 Å². The Morgan fingerprint density at radius 1 is 1.23 bits per heavy atom. The van der Waals surface area contributed by atoms with Gasteiger partial charge in [-0.05, 0) is 65.9 Å². The highest BCUT2D eigenvalue weighted by Crippen LogP contribution is 2.23. The Bertz CT molecular complexity index is 1140. The molecule has 0 saturated heterocycles. The number of benzene rings is 1. The summed E-state index contributed by atoms with van der Waals surface area (Å²) in [7, 11) is 0. The molecular weight excluding hydrogens is 410 g/mol. The van der Waals surface area contributed by atoms with Crippen LogP contribution in [0.3, 0.4) is 0 Å². The molecule has 2 aromatic heterocycles. The molecule has 0 spiro atoms. The van der Waals surface area contributed by atoms with E-state index in [2.05, 4.69) is 41.5 Å². The number of pyridine rings is 2. The van der Waals surface area contributed by atoms with Crippen molar-refractivity contribution in [1.82, 2.24) is 14.9 Å². The molecule has 0 bridgehead atoms. The van der Waals surface area contributed by atoms with Crippen LogP contribution < -0.4 is 15.6 Å². The van der Waals surface area contributed by atoms with Crippen LogP contribution in [-0.4, -0.2) is 16.1 Å². The predicted octanol–water partition coefficient (Wildman–Crippen LogP) is 4.62. The summed E-state index contributed by atoms with van der Waals surface area (Å²) in [6, 6.07) is 13.6. The van der Waals surface area contributed by atoms with Crippen LogP contribution in [0.2, 0.25) is 5.02 Å². The van der Waals surface area contributed by atoms with Gasteiger partial charge in [-0.3, -0.25) is 9.78 Å². The molecule has 0 saturated carbocycles. The predicted molar refractivity (Wildman–Crippen MR) is 124 cm³/mol. The van der Waals surface area contributed by atoms with Gasteiger partial charge in [0.1, 0.15) is 12.4 Å². The Kier molecular flexibility index (Phi) is 6.85. The Balaban J connectivity index is 1.48. The zero-order valence-electron chi connectivity index (χ0n) is 17.6. The fourth-order valence-corrected chi connectivity index (χ4v) is 3.85. The van der Waals surface area contributed by atoms with Crippen LogP contribution in [0.15, 0.2) is 65.7 Å². The Morgan fingerprint density at radius 3 is 2.90 bits per heavy atom. The van der Waals surface area contributed by atoms with E-state index < -0.39 is 0 Å². The maximum absolute atomic E-state index is 12.7. The average molecular weight is 436 g/mol. The lowest BCUT2D eigenvalue weighted by molar-refractivity contribution is 0.300. The van der Waals surface area contributed by atoms with Gasteiger partial charge in [-0.1, -0.05) is 36.7 Å². The smallest absolute Gasteiger partial charge is 0.254 e. The standard InChI is InChI=1S/C25H26ClN3O2/c1-2-3-20(19-5-4-18-8-10-27-14-21(18)12-19)16-29-11-9-24(13-25(29)30)31-17-23-7-6-22(26)15-28-23/h3-7,9,11-13,15,27H,2,8,10,14,16-17H2,1H3/b20-3-. The summed E-state index contributed by atoms with van der Waals surface area (Å²) in [5, 5.41) is 4.01. The minimum atomic E-state index is -0.0943. The highest BCUT2D eigenvalue weighted by atomic mass is 35.5. The lowest BCUT2D eigenvalue weighted by Crippen LogP contribution is -2.23. The van der Waals surface area contributed by atoms with E-state index in [0.717, 1.165) is 37.2 Å². The van der Waals surface area contributed by atoms with E-state index in [1.165, 1.54) is 22.8 Å². The lowest BCUT2D eigenvalue weighted by Gasteiger charge is -2.19. The van der Waals surface area contributed by atoms with Crippen molar-refractivity contribution >= 4 is 17.2 Å². The third kappa shape index (κ3) is 5.43. The molecule has 160 valence electrons. The number of hydrogen-bond donors (Lipinski definition) is 1. The first-order chi connectivity index (χ1) is 15.1. The topological polar surface area (TPSA) is 56.2 Å². The molecule has 3 aromatic rings. The van der Waals surface area contributed by atoms with Crippen LogP contribution in [0.25, 0.3) is 5.57 Å². The van der Waals surface area contributed by atoms with Gasteiger partial charge in [0.15, 0.2) is 0 Å². The molecule has 4 rings (SSSR count). The number of rotatable bonds is 7. The summed E-state index contributed by atoms with van der Waals surface area (Å²) >= 11 is 5.85. The van der Waals surface area contributed by atoms with Gasteiger partial charge >= 0.3 is 0 Å². The third-order valence-electron chi connectivity index (χ3n) is 5.40. The van der Waals surface area contributed by atoms with Crippen molar-refractivity contribution in [3.8, 4) is 5.75 Å². The van der Waals surface area contributed by atoms with E-state index in [0.29, 0.717) is 17.3 Å². The maximum atomic E-state index is 12.7. The second-order valence-electron chi connectivity index (χ2n) is 7.63. The number of ether oxygens (including phenoxy) is 1. The minimum absolute atomic E-state index is 0.0943. The molecule has 0 aliphatic carbocycles. The van der Waals surface area contributed by atoms with Crippen LogP contribution in [0.5, 0.6) is 5.75 Å². The fourth-order valence-electron chi connectivity index (χ4n) is 3.74. The van der Waals surface area contributed by atoms with E-state index in [1.807, 2.05) is 6.07 Å². The highest BCUT2D eigenvalue weighted by Gasteiger charge is 2.12. The summed E-state index contributed by atoms with van der Waals surface area (Å²) in [6.45, 7) is 4.85. The number of allylic oxidation sites excluding steroid dienone is 2. The molecule has 6 heteroatoms. The Hall–Kier alpha value is -2.89. The van der Waals surface area contributed by atoms with Gasteiger partial charge in [-0.25, -0.2) is 0 Å². The van der Waals surface area contributed by atoms with E-state index in [1.54, 1.807) is 29.1 Å². The van der Waals surface area contributed by atoms with Gasteiger partial charge in [0.05, 0.1) is 17.3 Å². The molecule has 1 aromatic carbocycles. The first-order valence-electron chi connectivity index (χ1n) is 10.6. The van der Waals surface area contributed by atoms with Crippen LogP contribution in [-0.2, 0) is 26.1 Å². The number of fused-ring (bicyclic) bond motifs is 1. The molecule has 31 heavy (non-hydrogen) atoms. The van der Waals surface area contributed by atoms with Crippen molar-refractivity contribution in [2.24, 2.45) is 0 Å². The first kappa shape index (κ1) is 21.3. The summed E-state index contributed by atoms with van der Waals surface area (Å²) in [5.74, 6) is 0.527. The van der Waals surface area contributed by atoms with Crippen LogP contribution in [0.4, 0.5) is 0 Å². The minimum Gasteiger partial charge on any atom is -0.487 e. The van der Waals surface area contributed by atoms with Crippen LogP contribution in [0, 0.1) is 0 Å². The Labute approximate surface area is 187 Å². The fraction of sp³-hybridized carbons (Fsp3) is 0.280. The zero-order valence-corrected chi connectivity index (χ0v) is 18.4. The van der Waals surface area contributed by atoms with E-state index in [-0.39, 0.29) is 12.2 Å². The summed E-state index contributed by atoms with van der Waals surface area (Å²) in [6.07, 6.45) is 7.54. The van der Waals surface area contributed by atoms with Crippen molar-refractivity contribution in [3.63, 3.8) is 0 Å². The number of aromatic nitrogens is 2. The summed E-state index contributed by atoms with van der Waals surface area (Å²) in [4.78, 5) is 16.9. The van der Waals surface area contributed by atoms with Crippen molar-refractivity contribution in [2.45, 2.75) is 39.5 Å². The second kappa shape index (κ2) is 9.94. The van der Waals surface area contributed by atoms with Gasteiger partial charge < -0.3 is 14.6 Å².